The molecule has 1 N–H and O–H groups in total. The van der Waals surface area contributed by atoms with Crippen molar-refractivity contribution in [3.8, 4) is 0 Å². The zero-order valence-electron chi connectivity index (χ0n) is 9.58. The Morgan fingerprint density at radius 3 is 3.06 bits per heavy atom. The zero-order chi connectivity index (χ0) is 12.8. The molecule has 0 saturated heterocycles. The first-order valence-corrected chi connectivity index (χ1v) is 5.84. The molecular weight excluding hydrogens is 254 g/mol. The molecule has 0 radical (unpaired) electrons. The SMILES string of the molecule is O=Cc1c(Cl)ncnc1NCCCn1ccnc1. The topological polar surface area (TPSA) is 72.7 Å². The van der Waals surface area contributed by atoms with E-state index in [2.05, 4.69) is 20.3 Å². The van der Waals surface area contributed by atoms with Crippen LogP contribution in [0, 0.1) is 0 Å². The molecule has 2 aromatic rings. The van der Waals surface area contributed by atoms with Crippen molar-refractivity contribution in [3.63, 3.8) is 0 Å². The highest BCUT2D eigenvalue weighted by Gasteiger charge is 2.07. The van der Waals surface area contributed by atoms with Crippen molar-refractivity contribution in [1.29, 1.82) is 0 Å². The van der Waals surface area contributed by atoms with Gasteiger partial charge in [0.05, 0.1) is 11.9 Å². The van der Waals surface area contributed by atoms with Crippen LogP contribution < -0.4 is 5.32 Å². The largest absolute Gasteiger partial charge is 0.369 e. The van der Waals surface area contributed by atoms with Crippen LogP contribution >= 0.6 is 11.6 Å². The predicted molar refractivity (Wildman–Crippen MR) is 67.8 cm³/mol. The Morgan fingerprint density at radius 2 is 2.33 bits per heavy atom. The normalized spacial score (nSPS) is 10.3. The Bertz CT molecular complexity index is 514. The first-order chi connectivity index (χ1) is 8.81. The Kier molecular flexibility index (Phi) is 4.25. The van der Waals surface area contributed by atoms with Gasteiger partial charge in [-0.1, -0.05) is 11.6 Å². The van der Waals surface area contributed by atoms with Gasteiger partial charge in [0.15, 0.2) is 6.29 Å². The number of halogens is 1. The van der Waals surface area contributed by atoms with Crippen LogP contribution in [0.2, 0.25) is 5.15 Å². The zero-order valence-corrected chi connectivity index (χ0v) is 10.3. The molecule has 0 fully saturated rings. The van der Waals surface area contributed by atoms with E-state index in [0.29, 0.717) is 24.2 Å². The Labute approximate surface area is 109 Å². The van der Waals surface area contributed by atoms with Gasteiger partial charge < -0.3 is 9.88 Å². The number of hydrogen-bond acceptors (Lipinski definition) is 5. The molecule has 0 saturated carbocycles. The lowest BCUT2D eigenvalue weighted by atomic mass is 10.3. The van der Waals surface area contributed by atoms with Crippen LogP contribution in [0.15, 0.2) is 25.0 Å². The van der Waals surface area contributed by atoms with Gasteiger partial charge in [0, 0.05) is 25.5 Å². The summed E-state index contributed by atoms with van der Waals surface area (Å²) >= 11 is 5.79. The van der Waals surface area contributed by atoms with Gasteiger partial charge in [-0.3, -0.25) is 4.79 Å². The molecule has 0 aliphatic carbocycles. The molecule has 94 valence electrons. The standard InChI is InChI=1S/C11H12ClN5O/c12-10-9(6-18)11(16-7-15-10)14-2-1-4-17-5-3-13-8-17/h3,5-8H,1-2,4H2,(H,14,15,16). The van der Waals surface area contributed by atoms with Gasteiger partial charge in [0.2, 0.25) is 0 Å². The maximum Gasteiger partial charge on any atom is 0.156 e. The van der Waals surface area contributed by atoms with E-state index in [1.807, 2.05) is 10.8 Å². The molecular formula is C11H12ClN5O. The van der Waals surface area contributed by atoms with Gasteiger partial charge >= 0.3 is 0 Å². The van der Waals surface area contributed by atoms with E-state index < -0.39 is 0 Å². The van der Waals surface area contributed by atoms with E-state index in [4.69, 9.17) is 11.6 Å². The number of carbonyl (C=O) groups is 1. The van der Waals surface area contributed by atoms with Crippen molar-refractivity contribution < 1.29 is 4.79 Å². The lowest BCUT2D eigenvalue weighted by molar-refractivity contribution is 0.112. The van der Waals surface area contributed by atoms with E-state index in [-0.39, 0.29) is 5.15 Å². The van der Waals surface area contributed by atoms with E-state index in [1.54, 1.807) is 12.5 Å². The van der Waals surface area contributed by atoms with Crippen molar-refractivity contribution in [2.24, 2.45) is 0 Å². The molecule has 0 aliphatic heterocycles. The van der Waals surface area contributed by atoms with Crippen molar-refractivity contribution in [2.75, 3.05) is 11.9 Å². The Morgan fingerprint density at radius 1 is 1.44 bits per heavy atom. The first-order valence-electron chi connectivity index (χ1n) is 5.46. The number of aryl methyl sites for hydroxylation is 1. The molecule has 6 nitrogen and oxygen atoms in total. The van der Waals surface area contributed by atoms with Crippen molar-refractivity contribution in [2.45, 2.75) is 13.0 Å². The number of anilines is 1. The van der Waals surface area contributed by atoms with Crippen LogP contribution in [0.25, 0.3) is 0 Å². The van der Waals surface area contributed by atoms with Crippen LogP contribution in [0.1, 0.15) is 16.8 Å². The second-order valence-corrected chi connectivity index (χ2v) is 3.98. The molecule has 18 heavy (non-hydrogen) atoms. The van der Waals surface area contributed by atoms with Crippen LogP contribution in [0.3, 0.4) is 0 Å². The molecule has 0 atom stereocenters. The molecule has 0 spiro atoms. The molecule has 0 amide bonds. The summed E-state index contributed by atoms with van der Waals surface area (Å²) in [6, 6.07) is 0. The highest BCUT2D eigenvalue weighted by atomic mass is 35.5. The molecule has 2 aromatic heterocycles. The number of carbonyl (C=O) groups excluding carboxylic acids is 1. The van der Waals surface area contributed by atoms with Gasteiger partial charge in [-0.15, -0.1) is 0 Å². The summed E-state index contributed by atoms with van der Waals surface area (Å²) in [6.45, 7) is 1.54. The maximum absolute atomic E-state index is 10.9. The predicted octanol–water partition coefficient (Wildman–Crippen LogP) is 1.64. The molecule has 7 heteroatoms. The van der Waals surface area contributed by atoms with Gasteiger partial charge in [0.1, 0.15) is 17.3 Å². The number of aromatic nitrogens is 4. The van der Waals surface area contributed by atoms with Gasteiger partial charge in [-0.2, -0.15) is 0 Å². The summed E-state index contributed by atoms with van der Waals surface area (Å²) in [5.74, 6) is 0.468. The number of nitrogens with one attached hydrogen (secondary N) is 1. The lowest BCUT2D eigenvalue weighted by Crippen LogP contribution is -2.09. The number of rotatable bonds is 6. The van der Waals surface area contributed by atoms with Gasteiger partial charge in [-0.25, -0.2) is 15.0 Å². The minimum atomic E-state index is 0.164. The smallest absolute Gasteiger partial charge is 0.156 e. The fraction of sp³-hybridized carbons (Fsp3) is 0.273. The highest BCUT2D eigenvalue weighted by molar-refractivity contribution is 6.32. The van der Waals surface area contributed by atoms with Gasteiger partial charge in [-0.05, 0) is 6.42 Å². The lowest BCUT2D eigenvalue weighted by Gasteiger charge is -2.08. The summed E-state index contributed by atoms with van der Waals surface area (Å²) in [7, 11) is 0. The minimum absolute atomic E-state index is 0.164. The molecule has 0 unspecified atom stereocenters. The quantitative estimate of drug-likeness (QED) is 0.488. The van der Waals surface area contributed by atoms with Crippen LogP contribution in [0.5, 0.6) is 0 Å². The monoisotopic (exact) mass is 265 g/mol. The van der Waals surface area contributed by atoms with Gasteiger partial charge in [0.25, 0.3) is 0 Å². The number of imidazole rings is 1. The molecule has 0 aliphatic rings. The number of aldehydes is 1. The second-order valence-electron chi connectivity index (χ2n) is 3.63. The summed E-state index contributed by atoms with van der Waals surface area (Å²) < 4.78 is 1.98. The highest BCUT2D eigenvalue weighted by Crippen LogP contribution is 2.16. The third-order valence-corrected chi connectivity index (χ3v) is 2.70. The molecule has 0 aromatic carbocycles. The fourth-order valence-corrected chi connectivity index (χ4v) is 1.68. The fourth-order valence-electron chi connectivity index (χ4n) is 1.51. The Hall–Kier alpha value is -1.95. The Balaban J connectivity index is 1.86. The molecule has 0 bridgehead atoms. The molecule has 2 rings (SSSR count). The second kappa shape index (κ2) is 6.11. The summed E-state index contributed by atoms with van der Waals surface area (Å²) in [4.78, 5) is 22.5. The van der Waals surface area contributed by atoms with E-state index in [0.717, 1.165) is 13.0 Å². The summed E-state index contributed by atoms with van der Waals surface area (Å²) in [5, 5.41) is 3.23. The maximum atomic E-state index is 10.9. The van der Waals surface area contributed by atoms with Crippen molar-refractivity contribution in [1.82, 2.24) is 19.5 Å². The average Bonchev–Trinajstić information content (AvgIpc) is 2.88. The average molecular weight is 266 g/mol. The van der Waals surface area contributed by atoms with E-state index in [9.17, 15) is 4.79 Å². The van der Waals surface area contributed by atoms with Crippen molar-refractivity contribution in [3.05, 3.63) is 35.8 Å². The third kappa shape index (κ3) is 3.04. The molecule has 2 heterocycles. The minimum Gasteiger partial charge on any atom is -0.369 e. The summed E-state index contributed by atoms with van der Waals surface area (Å²) in [6.07, 6.45) is 8.27. The summed E-state index contributed by atoms with van der Waals surface area (Å²) in [5.41, 5.74) is 0.293. The van der Waals surface area contributed by atoms with Crippen molar-refractivity contribution >= 4 is 23.7 Å². The van der Waals surface area contributed by atoms with E-state index in [1.165, 1.54) is 6.33 Å². The van der Waals surface area contributed by atoms with Crippen LogP contribution in [-0.4, -0.2) is 32.3 Å². The van der Waals surface area contributed by atoms with Crippen LogP contribution in [0.4, 0.5) is 5.82 Å². The number of nitrogens with zero attached hydrogens (tertiary/aromatic N) is 4. The van der Waals surface area contributed by atoms with Crippen LogP contribution in [-0.2, 0) is 6.54 Å². The first kappa shape index (κ1) is 12.5. The van der Waals surface area contributed by atoms with E-state index >= 15 is 0 Å². The number of hydrogen-bond donors (Lipinski definition) is 1. The third-order valence-electron chi connectivity index (χ3n) is 2.40.